The highest BCUT2D eigenvalue weighted by molar-refractivity contribution is 9.10. The van der Waals surface area contributed by atoms with Crippen LogP contribution in [-0.2, 0) is 0 Å². The van der Waals surface area contributed by atoms with Gasteiger partial charge in [0, 0.05) is 42.3 Å². The zero-order valence-electron chi connectivity index (χ0n) is 11.9. The third-order valence-electron chi connectivity index (χ3n) is 3.57. The molecule has 1 fully saturated rings. The Morgan fingerprint density at radius 2 is 2.00 bits per heavy atom. The summed E-state index contributed by atoms with van der Waals surface area (Å²) in [5, 5.41) is 3.34. The van der Waals surface area contributed by atoms with Crippen LogP contribution < -0.4 is 5.32 Å². The third-order valence-corrected chi connectivity index (χ3v) is 4.26. The standard InChI is InChI=1S/C15H20BrFN2.2ClH/c1-2-3-7-14(19-10-8-18-9-11-19)15-12(16)5-4-6-13(15)17;;/h2,4-6,14,18H,1,3,7-11H2;2*1H/t14-;;/m0../s1. The van der Waals surface area contributed by atoms with Gasteiger partial charge in [-0.2, -0.15) is 0 Å². The predicted octanol–water partition coefficient (Wildman–Crippen LogP) is 4.34. The van der Waals surface area contributed by atoms with Crippen molar-refractivity contribution in [2.24, 2.45) is 0 Å². The average molecular weight is 400 g/mol. The molecule has 1 aromatic carbocycles. The molecular formula is C15H22BrCl2FN2. The Morgan fingerprint density at radius 3 is 2.57 bits per heavy atom. The third kappa shape index (κ3) is 5.53. The summed E-state index contributed by atoms with van der Waals surface area (Å²) in [6.45, 7) is 7.64. The van der Waals surface area contributed by atoms with E-state index in [1.807, 2.05) is 12.1 Å². The van der Waals surface area contributed by atoms with Crippen LogP contribution in [0.5, 0.6) is 0 Å². The first-order valence-corrected chi connectivity index (χ1v) is 7.53. The van der Waals surface area contributed by atoms with E-state index in [2.05, 4.69) is 32.7 Å². The molecule has 1 N–H and O–H groups in total. The van der Waals surface area contributed by atoms with Crippen LogP contribution in [0.25, 0.3) is 0 Å². The molecule has 0 aromatic heterocycles. The molecule has 21 heavy (non-hydrogen) atoms. The highest BCUT2D eigenvalue weighted by Gasteiger charge is 2.25. The summed E-state index contributed by atoms with van der Waals surface area (Å²) < 4.78 is 15.0. The van der Waals surface area contributed by atoms with Crippen LogP contribution in [0.15, 0.2) is 35.3 Å². The minimum Gasteiger partial charge on any atom is -0.314 e. The second kappa shape index (κ2) is 10.6. The van der Waals surface area contributed by atoms with Crippen LogP contribution in [0.2, 0.25) is 0 Å². The Kier molecular flexibility index (Phi) is 10.5. The van der Waals surface area contributed by atoms with E-state index in [9.17, 15) is 4.39 Å². The van der Waals surface area contributed by atoms with E-state index in [4.69, 9.17) is 0 Å². The van der Waals surface area contributed by atoms with E-state index in [1.54, 1.807) is 12.1 Å². The van der Waals surface area contributed by atoms with Crippen molar-refractivity contribution in [2.75, 3.05) is 26.2 Å². The maximum absolute atomic E-state index is 14.2. The molecule has 1 saturated heterocycles. The van der Waals surface area contributed by atoms with Crippen molar-refractivity contribution >= 4 is 40.7 Å². The van der Waals surface area contributed by atoms with Crippen LogP contribution in [0.1, 0.15) is 24.4 Å². The monoisotopic (exact) mass is 398 g/mol. The lowest BCUT2D eigenvalue weighted by Crippen LogP contribution is -2.45. The molecule has 120 valence electrons. The van der Waals surface area contributed by atoms with E-state index in [1.165, 1.54) is 0 Å². The van der Waals surface area contributed by atoms with Gasteiger partial charge in [0.2, 0.25) is 0 Å². The number of piperazine rings is 1. The van der Waals surface area contributed by atoms with Gasteiger partial charge in [-0.1, -0.05) is 28.1 Å². The Bertz CT molecular complexity index is 419. The van der Waals surface area contributed by atoms with Gasteiger partial charge in [0.1, 0.15) is 5.82 Å². The van der Waals surface area contributed by atoms with Gasteiger partial charge in [0.25, 0.3) is 0 Å². The molecule has 1 aliphatic heterocycles. The van der Waals surface area contributed by atoms with Gasteiger partial charge >= 0.3 is 0 Å². The quantitative estimate of drug-likeness (QED) is 0.740. The van der Waals surface area contributed by atoms with Gasteiger partial charge < -0.3 is 5.32 Å². The van der Waals surface area contributed by atoms with Crippen LogP contribution >= 0.6 is 40.7 Å². The van der Waals surface area contributed by atoms with Crippen molar-refractivity contribution in [2.45, 2.75) is 18.9 Å². The first-order valence-electron chi connectivity index (χ1n) is 6.73. The van der Waals surface area contributed by atoms with Gasteiger partial charge in [-0.25, -0.2) is 4.39 Å². The second-order valence-electron chi connectivity index (χ2n) is 4.80. The molecule has 0 saturated carbocycles. The normalized spacial score (nSPS) is 16.5. The number of nitrogens with one attached hydrogen (secondary N) is 1. The van der Waals surface area contributed by atoms with Crippen LogP contribution in [-0.4, -0.2) is 31.1 Å². The molecule has 0 spiro atoms. The molecule has 0 aliphatic carbocycles. The number of nitrogens with zero attached hydrogens (tertiary/aromatic N) is 1. The Morgan fingerprint density at radius 1 is 1.33 bits per heavy atom. The summed E-state index contributed by atoms with van der Waals surface area (Å²) in [6.07, 6.45) is 3.71. The largest absolute Gasteiger partial charge is 0.314 e. The zero-order chi connectivity index (χ0) is 13.7. The fourth-order valence-electron chi connectivity index (χ4n) is 2.61. The van der Waals surface area contributed by atoms with E-state index < -0.39 is 0 Å². The fourth-order valence-corrected chi connectivity index (χ4v) is 3.21. The van der Waals surface area contributed by atoms with E-state index in [0.29, 0.717) is 0 Å². The molecule has 1 aromatic rings. The van der Waals surface area contributed by atoms with Crippen LogP contribution in [0.3, 0.4) is 0 Å². The molecular weight excluding hydrogens is 378 g/mol. The highest BCUT2D eigenvalue weighted by Crippen LogP contribution is 2.33. The maximum atomic E-state index is 14.2. The second-order valence-corrected chi connectivity index (χ2v) is 5.66. The lowest BCUT2D eigenvalue weighted by atomic mass is 9.99. The van der Waals surface area contributed by atoms with Gasteiger partial charge in [-0.05, 0) is 25.0 Å². The fraction of sp³-hybridized carbons (Fsp3) is 0.467. The lowest BCUT2D eigenvalue weighted by molar-refractivity contribution is 0.162. The summed E-state index contributed by atoms with van der Waals surface area (Å²) in [5.74, 6) is -0.123. The van der Waals surface area contributed by atoms with Crippen molar-refractivity contribution in [3.05, 3.63) is 46.7 Å². The molecule has 0 amide bonds. The van der Waals surface area contributed by atoms with Gasteiger partial charge in [-0.3, -0.25) is 4.90 Å². The predicted molar refractivity (Wildman–Crippen MR) is 95.2 cm³/mol. The van der Waals surface area contributed by atoms with Gasteiger partial charge in [0.05, 0.1) is 0 Å². The van der Waals surface area contributed by atoms with Crippen molar-refractivity contribution in [1.29, 1.82) is 0 Å². The van der Waals surface area contributed by atoms with E-state index >= 15 is 0 Å². The van der Waals surface area contributed by atoms with Crippen LogP contribution in [0, 0.1) is 5.82 Å². The molecule has 0 bridgehead atoms. The number of hydrogen-bond acceptors (Lipinski definition) is 2. The van der Waals surface area contributed by atoms with E-state index in [-0.39, 0.29) is 36.7 Å². The average Bonchev–Trinajstić information content (AvgIpc) is 2.43. The highest BCUT2D eigenvalue weighted by atomic mass is 79.9. The summed E-state index contributed by atoms with van der Waals surface area (Å²) in [4.78, 5) is 2.36. The first-order chi connectivity index (χ1) is 9.24. The van der Waals surface area contributed by atoms with Gasteiger partial charge in [-0.15, -0.1) is 31.4 Å². The number of rotatable bonds is 5. The molecule has 2 rings (SSSR count). The molecule has 1 atom stereocenters. The van der Waals surface area contributed by atoms with Crippen molar-refractivity contribution in [3.63, 3.8) is 0 Å². The summed E-state index contributed by atoms with van der Waals surface area (Å²) in [6, 6.07) is 5.33. The molecule has 1 aliphatic rings. The lowest BCUT2D eigenvalue weighted by Gasteiger charge is -2.35. The molecule has 1 heterocycles. The molecule has 0 radical (unpaired) electrons. The van der Waals surface area contributed by atoms with Crippen molar-refractivity contribution in [1.82, 2.24) is 10.2 Å². The van der Waals surface area contributed by atoms with Crippen molar-refractivity contribution < 1.29 is 4.39 Å². The topological polar surface area (TPSA) is 15.3 Å². The summed E-state index contributed by atoms with van der Waals surface area (Å²) in [5.41, 5.74) is 0.784. The Hall–Kier alpha value is -0.130. The smallest absolute Gasteiger partial charge is 0.129 e. The number of benzene rings is 1. The minimum atomic E-state index is -0.123. The number of hydrogen-bond donors (Lipinski definition) is 1. The SMILES string of the molecule is C=CCC[C@@H](c1c(F)cccc1Br)N1CCNCC1.Cl.Cl. The van der Waals surface area contributed by atoms with Gasteiger partial charge in [0.15, 0.2) is 0 Å². The number of allylic oxidation sites excluding steroid dienone is 1. The first kappa shape index (κ1) is 20.9. The molecule has 0 unspecified atom stereocenters. The van der Waals surface area contributed by atoms with Crippen molar-refractivity contribution in [3.8, 4) is 0 Å². The van der Waals surface area contributed by atoms with E-state index in [0.717, 1.165) is 49.1 Å². The Labute approximate surface area is 147 Å². The number of halogens is 4. The maximum Gasteiger partial charge on any atom is 0.129 e. The molecule has 6 heteroatoms. The molecule has 2 nitrogen and oxygen atoms in total. The Balaban J connectivity index is 0.00000200. The van der Waals surface area contributed by atoms with Crippen LogP contribution in [0.4, 0.5) is 4.39 Å². The summed E-state index contributed by atoms with van der Waals surface area (Å²) >= 11 is 3.50. The summed E-state index contributed by atoms with van der Waals surface area (Å²) in [7, 11) is 0. The minimum absolute atomic E-state index is 0. The zero-order valence-corrected chi connectivity index (χ0v) is 15.1.